The van der Waals surface area contributed by atoms with E-state index in [1.807, 2.05) is 0 Å². The van der Waals surface area contributed by atoms with Crippen molar-refractivity contribution in [3.05, 3.63) is 13.2 Å². The molecule has 1 saturated heterocycles. The van der Waals surface area contributed by atoms with Gasteiger partial charge in [0.1, 0.15) is 0 Å². The molecule has 56 valence electrons. The molecule has 0 aliphatic carbocycles. The van der Waals surface area contributed by atoms with Gasteiger partial charge >= 0.3 is 11.9 Å². The van der Waals surface area contributed by atoms with E-state index < -0.39 is 0 Å². The van der Waals surface area contributed by atoms with Crippen molar-refractivity contribution in [2.75, 3.05) is 0 Å². The van der Waals surface area contributed by atoms with Gasteiger partial charge in [-0.1, -0.05) is 0 Å². The molecule has 0 amide bonds. The third-order valence-electron chi connectivity index (χ3n) is 0.989. The van der Waals surface area contributed by atoms with Crippen molar-refractivity contribution in [2.24, 2.45) is 0 Å². The molecule has 0 aromatic heterocycles. The number of hydrogen-bond donors (Lipinski definition) is 0. The minimum atomic E-state index is -0.388. The summed E-state index contributed by atoms with van der Waals surface area (Å²) >= 11 is 0. The van der Waals surface area contributed by atoms with Crippen molar-refractivity contribution in [3.8, 4) is 0 Å². The van der Waals surface area contributed by atoms with E-state index in [1.165, 1.54) is 0 Å². The lowest BCUT2D eigenvalue weighted by molar-refractivity contribution is -0.163. The molecular formula is C7H10O3. The van der Waals surface area contributed by atoms with E-state index in [2.05, 4.69) is 17.9 Å². The zero-order valence-electron chi connectivity index (χ0n) is 5.76. The molecule has 0 radical (unpaired) electrons. The van der Waals surface area contributed by atoms with Crippen LogP contribution in [0.4, 0.5) is 0 Å². The van der Waals surface area contributed by atoms with Gasteiger partial charge in [-0.25, -0.2) is 0 Å². The first kappa shape index (κ1) is 8.88. The maximum absolute atomic E-state index is 10.2. The molecule has 0 unspecified atom stereocenters. The van der Waals surface area contributed by atoms with Gasteiger partial charge in [0, 0.05) is 12.8 Å². The molecule has 0 aromatic rings. The molecule has 1 fully saturated rings. The van der Waals surface area contributed by atoms with E-state index in [0.717, 1.165) is 0 Å². The average Bonchev–Trinajstić information content (AvgIpc) is 1.91. The summed E-state index contributed by atoms with van der Waals surface area (Å²) in [6.45, 7) is 6.00. The Morgan fingerprint density at radius 3 is 1.70 bits per heavy atom. The maximum atomic E-state index is 10.2. The van der Waals surface area contributed by atoms with Crippen molar-refractivity contribution in [1.29, 1.82) is 0 Å². The fourth-order valence-corrected chi connectivity index (χ4v) is 0.606. The molecule has 0 atom stereocenters. The van der Waals surface area contributed by atoms with Gasteiger partial charge in [0.15, 0.2) is 0 Å². The second kappa shape index (κ2) is 4.73. The molecule has 0 bridgehead atoms. The van der Waals surface area contributed by atoms with Crippen LogP contribution in [-0.2, 0) is 14.3 Å². The lowest BCUT2D eigenvalue weighted by atomic mass is 10.2. The topological polar surface area (TPSA) is 43.4 Å². The Kier molecular flexibility index (Phi) is 4.20. The molecule has 1 rings (SSSR count). The molecule has 1 heterocycles. The number of esters is 2. The molecule has 0 N–H and O–H groups in total. The number of carbonyl (C=O) groups excluding carboxylic acids is 2. The van der Waals surface area contributed by atoms with Gasteiger partial charge in [0.25, 0.3) is 0 Å². The standard InChI is InChI=1S/C5H6O3.C2H4/c6-4-2-1-3-5(7)8-4;1-2/h1-3H2;1-2H2. The lowest BCUT2D eigenvalue weighted by Gasteiger charge is -2.06. The number of hydrogen-bond acceptors (Lipinski definition) is 3. The molecule has 1 aliphatic rings. The number of carbonyl (C=O) groups is 2. The SMILES string of the molecule is C=C.O=C1CCCC(=O)O1. The minimum absolute atomic E-state index is 0.388. The lowest BCUT2D eigenvalue weighted by Crippen LogP contribution is -2.17. The highest BCUT2D eigenvalue weighted by molar-refractivity contribution is 5.87. The van der Waals surface area contributed by atoms with E-state index in [-0.39, 0.29) is 11.9 Å². The van der Waals surface area contributed by atoms with Crippen molar-refractivity contribution in [1.82, 2.24) is 0 Å². The molecule has 0 spiro atoms. The molecule has 0 aromatic carbocycles. The first-order chi connectivity index (χ1) is 4.79. The van der Waals surface area contributed by atoms with Gasteiger partial charge < -0.3 is 4.74 Å². The molecule has 0 saturated carbocycles. The first-order valence-corrected chi connectivity index (χ1v) is 3.02. The summed E-state index contributed by atoms with van der Waals surface area (Å²) in [7, 11) is 0. The highest BCUT2D eigenvalue weighted by atomic mass is 16.6. The predicted octanol–water partition coefficient (Wildman–Crippen LogP) is 1.04. The monoisotopic (exact) mass is 142 g/mol. The Labute approximate surface area is 59.7 Å². The normalized spacial score (nSPS) is 16.8. The maximum Gasteiger partial charge on any atom is 0.313 e. The fraction of sp³-hybridized carbons (Fsp3) is 0.429. The zero-order valence-corrected chi connectivity index (χ0v) is 5.76. The van der Waals surface area contributed by atoms with Crippen LogP contribution in [0.5, 0.6) is 0 Å². The summed E-state index contributed by atoms with van der Waals surface area (Å²) in [4.78, 5) is 20.5. The Morgan fingerprint density at radius 1 is 1.10 bits per heavy atom. The van der Waals surface area contributed by atoms with Crippen LogP contribution in [0.15, 0.2) is 13.2 Å². The first-order valence-electron chi connectivity index (χ1n) is 3.02. The van der Waals surface area contributed by atoms with E-state index in [1.54, 1.807) is 0 Å². The van der Waals surface area contributed by atoms with Gasteiger partial charge in [-0.3, -0.25) is 9.59 Å². The molecule has 1 aliphatic heterocycles. The Bertz CT molecular complexity index is 126. The third kappa shape index (κ3) is 3.02. The third-order valence-corrected chi connectivity index (χ3v) is 0.989. The number of ether oxygens (including phenoxy) is 1. The van der Waals surface area contributed by atoms with Crippen molar-refractivity contribution < 1.29 is 14.3 Å². The predicted molar refractivity (Wildman–Crippen MR) is 36.2 cm³/mol. The van der Waals surface area contributed by atoms with Crippen LogP contribution in [0.2, 0.25) is 0 Å². The highest BCUT2D eigenvalue weighted by Crippen LogP contribution is 2.06. The van der Waals surface area contributed by atoms with Crippen molar-refractivity contribution in [3.63, 3.8) is 0 Å². The van der Waals surface area contributed by atoms with Crippen LogP contribution < -0.4 is 0 Å². The van der Waals surface area contributed by atoms with Crippen LogP contribution in [0, 0.1) is 0 Å². The second-order valence-corrected chi connectivity index (χ2v) is 1.70. The van der Waals surface area contributed by atoms with Crippen LogP contribution in [0.25, 0.3) is 0 Å². The van der Waals surface area contributed by atoms with E-state index in [9.17, 15) is 9.59 Å². The summed E-state index contributed by atoms with van der Waals surface area (Å²) in [6, 6.07) is 0. The van der Waals surface area contributed by atoms with Gasteiger partial charge in [-0.05, 0) is 6.42 Å². The smallest absolute Gasteiger partial charge is 0.313 e. The fourth-order valence-electron chi connectivity index (χ4n) is 0.606. The highest BCUT2D eigenvalue weighted by Gasteiger charge is 2.15. The number of cyclic esters (lactones) is 2. The summed E-state index contributed by atoms with van der Waals surface area (Å²) in [5, 5.41) is 0. The molecule has 3 heteroatoms. The van der Waals surface area contributed by atoms with E-state index in [4.69, 9.17) is 0 Å². The van der Waals surface area contributed by atoms with Crippen LogP contribution in [-0.4, -0.2) is 11.9 Å². The summed E-state index contributed by atoms with van der Waals surface area (Å²) < 4.78 is 4.21. The second-order valence-electron chi connectivity index (χ2n) is 1.70. The summed E-state index contributed by atoms with van der Waals surface area (Å²) in [6.07, 6.45) is 1.44. The minimum Gasteiger partial charge on any atom is -0.393 e. The van der Waals surface area contributed by atoms with Crippen molar-refractivity contribution in [2.45, 2.75) is 19.3 Å². The van der Waals surface area contributed by atoms with Gasteiger partial charge in [-0.15, -0.1) is 13.2 Å². The Balaban J connectivity index is 0.000000371. The molecular weight excluding hydrogens is 132 g/mol. The average molecular weight is 142 g/mol. The zero-order chi connectivity index (χ0) is 7.98. The van der Waals surface area contributed by atoms with Crippen LogP contribution in [0.1, 0.15) is 19.3 Å². The van der Waals surface area contributed by atoms with E-state index >= 15 is 0 Å². The Morgan fingerprint density at radius 2 is 1.50 bits per heavy atom. The number of rotatable bonds is 0. The largest absolute Gasteiger partial charge is 0.393 e. The summed E-state index contributed by atoms with van der Waals surface area (Å²) in [5.41, 5.74) is 0. The quantitative estimate of drug-likeness (QED) is 0.288. The molecule has 3 nitrogen and oxygen atoms in total. The molecule has 10 heavy (non-hydrogen) atoms. The van der Waals surface area contributed by atoms with Gasteiger partial charge in [0.2, 0.25) is 0 Å². The van der Waals surface area contributed by atoms with E-state index in [0.29, 0.717) is 19.3 Å². The van der Waals surface area contributed by atoms with Gasteiger partial charge in [0.05, 0.1) is 0 Å². The van der Waals surface area contributed by atoms with Gasteiger partial charge in [-0.2, -0.15) is 0 Å². The summed E-state index contributed by atoms with van der Waals surface area (Å²) in [5.74, 6) is -0.775. The van der Waals surface area contributed by atoms with Crippen molar-refractivity contribution >= 4 is 11.9 Å². The Hall–Kier alpha value is -1.12. The van der Waals surface area contributed by atoms with Crippen LogP contribution >= 0.6 is 0 Å². The van der Waals surface area contributed by atoms with Crippen LogP contribution in [0.3, 0.4) is 0 Å².